The number of allylic oxidation sites excluding steroid dienone is 3. The summed E-state index contributed by atoms with van der Waals surface area (Å²) in [4.78, 5) is 21.0. The van der Waals surface area contributed by atoms with E-state index < -0.39 is 0 Å². The molecule has 184 valence electrons. The zero-order valence-corrected chi connectivity index (χ0v) is 21.3. The zero-order valence-electron chi connectivity index (χ0n) is 21.3. The lowest BCUT2D eigenvalue weighted by molar-refractivity contribution is 0.0322. The molecule has 2 aromatic carbocycles. The Labute approximate surface area is 209 Å². The summed E-state index contributed by atoms with van der Waals surface area (Å²) < 4.78 is 11.5. The molecule has 5 nitrogen and oxygen atoms in total. The summed E-state index contributed by atoms with van der Waals surface area (Å²) in [6.45, 7) is 17.5. The molecule has 0 spiro atoms. The number of nitrogens with zero attached hydrogens (tertiary/aromatic N) is 2. The Kier molecular flexibility index (Phi) is 7.99. The van der Waals surface area contributed by atoms with Crippen LogP contribution in [0.1, 0.15) is 49.2 Å². The number of benzene rings is 2. The van der Waals surface area contributed by atoms with Gasteiger partial charge >= 0.3 is 0 Å². The number of ether oxygens (including phenoxy) is 2. The van der Waals surface area contributed by atoms with E-state index in [4.69, 9.17) is 14.5 Å². The average Bonchev–Trinajstić information content (AvgIpc) is 3.15. The van der Waals surface area contributed by atoms with E-state index >= 15 is 0 Å². The minimum atomic E-state index is 0.0164. The predicted octanol–water partition coefficient (Wildman–Crippen LogP) is 5.66. The average molecular weight is 473 g/mol. The lowest BCUT2D eigenvalue weighted by Gasteiger charge is -2.26. The van der Waals surface area contributed by atoms with Gasteiger partial charge in [-0.2, -0.15) is 0 Å². The first-order valence-electron chi connectivity index (χ1n) is 12.6. The van der Waals surface area contributed by atoms with Crippen LogP contribution in [0.4, 0.5) is 0 Å². The van der Waals surface area contributed by atoms with Crippen LogP contribution in [0.15, 0.2) is 71.4 Å². The first-order chi connectivity index (χ1) is 16.9. The van der Waals surface area contributed by atoms with Crippen molar-refractivity contribution in [2.45, 2.75) is 27.7 Å². The summed E-state index contributed by atoms with van der Waals surface area (Å²) in [6, 6.07) is 15.8. The van der Waals surface area contributed by atoms with Gasteiger partial charge in [-0.3, -0.25) is 14.7 Å². The van der Waals surface area contributed by atoms with E-state index in [1.54, 1.807) is 0 Å². The quantitative estimate of drug-likeness (QED) is 0.442. The van der Waals surface area contributed by atoms with Gasteiger partial charge in [0, 0.05) is 36.5 Å². The van der Waals surface area contributed by atoms with Crippen LogP contribution >= 0.6 is 0 Å². The van der Waals surface area contributed by atoms with Gasteiger partial charge in [0.15, 0.2) is 5.78 Å². The maximum atomic E-state index is 13.8. The predicted molar refractivity (Wildman–Crippen MR) is 142 cm³/mol. The summed E-state index contributed by atoms with van der Waals surface area (Å²) in [5, 5.41) is 0. The Hall–Kier alpha value is -3.02. The van der Waals surface area contributed by atoms with Crippen molar-refractivity contribution in [3.8, 4) is 5.75 Å². The van der Waals surface area contributed by atoms with E-state index in [2.05, 4.69) is 39.2 Å². The molecule has 0 unspecified atom stereocenters. The Balaban J connectivity index is 1.69. The fraction of sp³-hybridized carbons (Fsp3) is 0.400. The lowest BCUT2D eigenvalue weighted by Crippen LogP contribution is -2.38. The molecule has 1 heterocycles. The van der Waals surface area contributed by atoms with Crippen LogP contribution in [0, 0.1) is 11.8 Å². The van der Waals surface area contributed by atoms with Crippen molar-refractivity contribution < 1.29 is 14.3 Å². The molecule has 4 rings (SSSR count). The number of rotatable bonds is 9. The monoisotopic (exact) mass is 472 g/mol. The van der Waals surface area contributed by atoms with Gasteiger partial charge < -0.3 is 9.47 Å². The molecule has 0 atom stereocenters. The van der Waals surface area contributed by atoms with Crippen molar-refractivity contribution in [1.82, 2.24) is 4.90 Å². The number of ketones is 1. The van der Waals surface area contributed by atoms with Crippen LogP contribution in [0.3, 0.4) is 0 Å². The van der Waals surface area contributed by atoms with E-state index in [0.717, 1.165) is 61.0 Å². The number of hydrogen-bond donors (Lipinski definition) is 0. The second-order valence-corrected chi connectivity index (χ2v) is 9.75. The van der Waals surface area contributed by atoms with E-state index in [1.165, 1.54) is 0 Å². The zero-order chi connectivity index (χ0) is 24.9. The number of fused-ring (bicyclic) bond motifs is 1. The minimum Gasteiger partial charge on any atom is -0.492 e. The third-order valence-corrected chi connectivity index (χ3v) is 6.59. The van der Waals surface area contributed by atoms with Gasteiger partial charge in [-0.15, -0.1) is 0 Å². The normalized spacial score (nSPS) is 16.9. The minimum absolute atomic E-state index is 0.0164. The van der Waals surface area contributed by atoms with Crippen LogP contribution in [0.2, 0.25) is 0 Å². The molecule has 0 N–H and O–H groups in total. The SMILES string of the molecule is C=C(/N=C(\C1=C(C(C)C)c2cc(OCCN3CCOCC3)ccc2C1=O)c1ccccc1)C(C)C. The van der Waals surface area contributed by atoms with Gasteiger partial charge in [-0.1, -0.05) is 64.6 Å². The third-order valence-electron chi connectivity index (χ3n) is 6.59. The Bertz CT molecular complexity index is 1140. The molecule has 35 heavy (non-hydrogen) atoms. The maximum absolute atomic E-state index is 13.8. The fourth-order valence-corrected chi connectivity index (χ4v) is 4.51. The Morgan fingerprint density at radius 2 is 1.77 bits per heavy atom. The summed E-state index contributed by atoms with van der Waals surface area (Å²) in [7, 11) is 0. The largest absolute Gasteiger partial charge is 0.492 e. The number of carbonyl (C=O) groups excluding carboxylic acids is 1. The molecule has 0 radical (unpaired) electrons. The number of morpholine rings is 1. The molecule has 1 aliphatic carbocycles. The number of aliphatic imine (C=N–C) groups is 1. The first kappa shape index (κ1) is 25.1. The van der Waals surface area contributed by atoms with Crippen LogP contribution < -0.4 is 4.74 Å². The summed E-state index contributed by atoms with van der Waals surface area (Å²) in [5.74, 6) is 1.12. The first-order valence-corrected chi connectivity index (χ1v) is 12.6. The molecule has 2 aromatic rings. The molecular weight excluding hydrogens is 436 g/mol. The topological polar surface area (TPSA) is 51.1 Å². The van der Waals surface area contributed by atoms with E-state index in [0.29, 0.717) is 23.5 Å². The Morgan fingerprint density at radius 1 is 1.06 bits per heavy atom. The highest BCUT2D eigenvalue weighted by atomic mass is 16.5. The second kappa shape index (κ2) is 11.1. The van der Waals surface area contributed by atoms with Crippen LogP contribution in [0.25, 0.3) is 5.57 Å². The molecular formula is C30H36N2O3. The van der Waals surface area contributed by atoms with Crippen molar-refractivity contribution >= 4 is 17.1 Å². The molecule has 2 aliphatic rings. The van der Waals surface area contributed by atoms with Crippen molar-refractivity contribution in [2.24, 2.45) is 16.8 Å². The highest BCUT2D eigenvalue weighted by molar-refractivity contribution is 6.40. The third kappa shape index (κ3) is 5.63. The molecule has 0 bridgehead atoms. The smallest absolute Gasteiger partial charge is 0.196 e. The highest BCUT2D eigenvalue weighted by Gasteiger charge is 2.34. The van der Waals surface area contributed by atoms with Gasteiger partial charge in [0.1, 0.15) is 12.4 Å². The van der Waals surface area contributed by atoms with Gasteiger partial charge in [-0.25, -0.2) is 0 Å². The molecule has 5 heteroatoms. The molecule has 0 saturated carbocycles. The number of carbonyl (C=O) groups is 1. The standard InChI is InChI=1S/C30H36N2O3/c1-20(2)22(5)31-29(23-9-7-6-8-10-23)28-27(21(3)4)26-19-24(11-12-25(26)30(28)33)35-18-15-32-13-16-34-17-14-32/h6-12,19-21H,5,13-18H2,1-4H3/b31-29-. The van der Waals surface area contributed by atoms with Crippen molar-refractivity contribution in [2.75, 3.05) is 39.5 Å². The van der Waals surface area contributed by atoms with E-state index in [1.807, 2.05) is 48.5 Å². The van der Waals surface area contributed by atoms with Crippen LogP contribution in [-0.4, -0.2) is 55.8 Å². The summed E-state index contributed by atoms with van der Waals surface area (Å²) >= 11 is 0. The van der Waals surface area contributed by atoms with Crippen molar-refractivity contribution in [3.63, 3.8) is 0 Å². The Morgan fingerprint density at radius 3 is 2.43 bits per heavy atom. The van der Waals surface area contributed by atoms with Crippen molar-refractivity contribution in [3.05, 3.63) is 83.1 Å². The molecule has 0 amide bonds. The van der Waals surface area contributed by atoms with Crippen molar-refractivity contribution in [1.29, 1.82) is 0 Å². The summed E-state index contributed by atoms with van der Waals surface area (Å²) in [6.07, 6.45) is 0. The molecule has 1 aliphatic heterocycles. The molecule has 0 aromatic heterocycles. The van der Waals surface area contributed by atoms with Gasteiger partial charge in [0.25, 0.3) is 0 Å². The van der Waals surface area contributed by atoms with Gasteiger partial charge in [0.2, 0.25) is 0 Å². The highest BCUT2D eigenvalue weighted by Crippen LogP contribution is 2.41. The maximum Gasteiger partial charge on any atom is 0.196 e. The fourth-order valence-electron chi connectivity index (χ4n) is 4.51. The second-order valence-electron chi connectivity index (χ2n) is 9.75. The lowest BCUT2D eigenvalue weighted by atomic mass is 9.91. The van der Waals surface area contributed by atoms with E-state index in [-0.39, 0.29) is 17.6 Å². The van der Waals surface area contributed by atoms with Gasteiger partial charge in [0.05, 0.1) is 24.5 Å². The molecule has 1 fully saturated rings. The molecule has 1 saturated heterocycles. The van der Waals surface area contributed by atoms with Gasteiger partial charge in [-0.05, 0) is 41.2 Å². The number of Topliss-reactive ketones (excluding diaryl/α,β-unsaturated/α-hetero) is 1. The van der Waals surface area contributed by atoms with Crippen LogP contribution in [0.5, 0.6) is 5.75 Å². The summed E-state index contributed by atoms with van der Waals surface area (Å²) in [5.41, 5.74) is 5.73. The van der Waals surface area contributed by atoms with E-state index in [9.17, 15) is 4.79 Å². The number of hydrogen-bond acceptors (Lipinski definition) is 5. The van der Waals surface area contributed by atoms with Crippen LogP contribution in [-0.2, 0) is 4.74 Å².